The van der Waals surface area contributed by atoms with Gasteiger partial charge in [-0.1, -0.05) is 36.4 Å². The van der Waals surface area contributed by atoms with Crippen LogP contribution >= 0.6 is 0 Å². The molecule has 0 aliphatic heterocycles. The Kier molecular flexibility index (Phi) is 3.73. The van der Waals surface area contributed by atoms with E-state index in [1.165, 1.54) is 0 Å². The van der Waals surface area contributed by atoms with Crippen molar-refractivity contribution in [2.45, 2.75) is 12.5 Å². The highest BCUT2D eigenvalue weighted by molar-refractivity contribution is 5.21. The molecule has 88 valence electrons. The highest BCUT2D eigenvalue weighted by Gasteiger charge is 2.09. The predicted octanol–water partition coefficient (Wildman–Crippen LogP) is 2.37. The standard InChI is InChI=1S/C14H15NO2/c1-17-14-9-5-8-12(15-14)10-13(16)11-6-3-2-4-7-11/h2-9,13,16H,10H2,1H3. The molecule has 3 heteroatoms. The Hall–Kier alpha value is -1.87. The summed E-state index contributed by atoms with van der Waals surface area (Å²) in [6.45, 7) is 0. The molecular formula is C14H15NO2. The van der Waals surface area contributed by atoms with Gasteiger partial charge in [-0.2, -0.15) is 0 Å². The Morgan fingerprint density at radius 2 is 1.88 bits per heavy atom. The number of methoxy groups -OCH3 is 1. The van der Waals surface area contributed by atoms with Gasteiger partial charge in [-0.25, -0.2) is 4.98 Å². The Balaban J connectivity index is 2.10. The van der Waals surface area contributed by atoms with E-state index in [1.807, 2.05) is 42.5 Å². The van der Waals surface area contributed by atoms with Crippen LogP contribution < -0.4 is 4.74 Å². The van der Waals surface area contributed by atoms with Gasteiger partial charge in [0.2, 0.25) is 5.88 Å². The molecule has 2 aromatic rings. The van der Waals surface area contributed by atoms with E-state index in [0.29, 0.717) is 12.3 Å². The molecule has 1 aromatic carbocycles. The van der Waals surface area contributed by atoms with E-state index >= 15 is 0 Å². The van der Waals surface area contributed by atoms with Crippen molar-refractivity contribution >= 4 is 0 Å². The van der Waals surface area contributed by atoms with Crippen molar-refractivity contribution in [2.24, 2.45) is 0 Å². The second-order valence-corrected chi connectivity index (χ2v) is 3.80. The molecule has 0 fully saturated rings. The topological polar surface area (TPSA) is 42.4 Å². The smallest absolute Gasteiger partial charge is 0.213 e. The van der Waals surface area contributed by atoms with Gasteiger partial charge in [0, 0.05) is 18.2 Å². The fourth-order valence-corrected chi connectivity index (χ4v) is 1.68. The molecule has 1 N–H and O–H groups in total. The second-order valence-electron chi connectivity index (χ2n) is 3.80. The molecule has 17 heavy (non-hydrogen) atoms. The van der Waals surface area contributed by atoms with Gasteiger partial charge in [0.1, 0.15) is 0 Å². The first kappa shape index (κ1) is 11.6. The van der Waals surface area contributed by atoms with Crippen LogP contribution in [0, 0.1) is 0 Å². The average molecular weight is 229 g/mol. The summed E-state index contributed by atoms with van der Waals surface area (Å²) in [5.74, 6) is 0.572. The van der Waals surface area contributed by atoms with Crippen LogP contribution in [0.1, 0.15) is 17.4 Å². The maximum Gasteiger partial charge on any atom is 0.213 e. The SMILES string of the molecule is COc1cccc(CC(O)c2ccccc2)n1. The van der Waals surface area contributed by atoms with E-state index < -0.39 is 6.10 Å². The zero-order chi connectivity index (χ0) is 12.1. The molecule has 0 aliphatic carbocycles. The highest BCUT2D eigenvalue weighted by atomic mass is 16.5. The van der Waals surface area contributed by atoms with Crippen LogP contribution in [0.5, 0.6) is 5.88 Å². The first-order valence-corrected chi connectivity index (χ1v) is 5.52. The number of aliphatic hydroxyl groups excluding tert-OH is 1. The van der Waals surface area contributed by atoms with E-state index in [0.717, 1.165) is 11.3 Å². The van der Waals surface area contributed by atoms with Gasteiger partial charge >= 0.3 is 0 Å². The second kappa shape index (κ2) is 5.46. The van der Waals surface area contributed by atoms with E-state index in [2.05, 4.69) is 4.98 Å². The summed E-state index contributed by atoms with van der Waals surface area (Å²) in [6.07, 6.45) is -0.0443. The summed E-state index contributed by atoms with van der Waals surface area (Å²) >= 11 is 0. The van der Waals surface area contributed by atoms with Crippen molar-refractivity contribution in [3.8, 4) is 5.88 Å². The Morgan fingerprint density at radius 3 is 2.59 bits per heavy atom. The van der Waals surface area contributed by atoms with E-state index in [4.69, 9.17) is 4.74 Å². The lowest BCUT2D eigenvalue weighted by Gasteiger charge is -2.10. The number of nitrogens with zero attached hydrogens (tertiary/aromatic N) is 1. The van der Waals surface area contributed by atoms with Crippen LogP contribution in [0.3, 0.4) is 0 Å². The number of pyridine rings is 1. The third-order valence-electron chi connectivity index (χ3n) is 2.58. The molecule has 0 saturated carbocycles. The van der Waals surface area contributed by atoms with Gasteiger partial charge in [0.05, 0.1) is 13.2 Å². The molecule has 0 saturated heterocycles. The van der Waals surface area contributed by atoms with Crippen molar-refractivity contribution in [3.05, 3.63) is 59.8 Å². The summed E-state index contributed by atoms with van der Waals surface area (Å²) in [6, 6.07) is 15.1. The van der Waals surface area contributed by atoms with Gasteiger partial charge in [0.15, 0.2) is 0 Å². The van der Waals surface area contributed by atoms with Gasteiger partial charge in [-0.15, -0.1) is 0 Å². The molecule has 1 heterocycles. The predicted molar refractivity (Wildman–Crippen MR) is 65.9 cm³/mol. The molecule has 2 rings (SSSR count). The Labute approximate surface area is 101 Å². The first-order valence-electron chi connectivity index (χ1n) is 5.52. The van der Waals surface area contributed by atoms with Crippen molar-refractivity contribution in [2.75, 3.05) is 7.11 Å². The number of rotatable bonds is 4. The average Bonchev–Trinajstić information content (AvgIpc) is 2.40. The minimum absolute atomic E-state index is 0.487. The van der Waals surface area contributed by atoms with Crippen LogP contribution in [-0.4, -0.2) is 17.2 Å². The summed E-state index contributed by atoms with van der Waals surface area (Å²) in [4.78, 5) is 4.27. The van der Waals surface area contributed by atoms with Crippen LogP contribution in [0.4, 0.5) is 0 Å². The van der Waals surface area contributed by atoms with Gasteiger partial charge in [-0.3, -0.25) is 0 Å². The maximum absolute atomic E-state index is 10.1. The van der Waals surface area contributed by atoms with Crippen LogP contribution in [0.25, 0.3) is 0 Å². The summed E-state index contributed by atoms with van der Waals surface area (Å²) in [7, 11) is 1.58. The lowest BCUT2D eigenvalue weighted by Crippen LogP contribution is -2.03. The van der Waals surface area contributed by atoms with E-state index in [1.54, 1.807) is 13.2 Å². The number of ether oxygens (including phenoxy) is 1. The molecule has 0 spiro atoms. The third-order valence-corrected chi connectivity index (χ3v) is 2.58. The third kappa shape index (κ3) is 3.04. The number of aromatic nitrogens is 1. The number of hydrogen-bond donors (Lipinski definition) is 1. The lowest BCUT2D eigenvalue weighted by molar-refractivity contribution is 0.177. The molecule has 0 aliphatic rings. The quantitative estimate of drug-likeness (QED) is 0.875. The monoisotopic (exact) mass is 229 g/mol. The molecule has 0 amide bonds. The zero-order valence-corrected chi connectivity index (χ0v) is 9.71. The van der Waals surface area contributed by atoms with Gasteiger partial charge < -0.3 is 9.84 Å². The minimum Gasteiger partial charge on any atom is -0.481 e. The largest absolute Gasteiger partial charge is 0.481 e. The molecule has 1 aromatic heterocycles. The molecular weight excluding hydrogens is 214 g/mol. The number of benzene rings is 1. The van der Waals surface area contributed by atoms with Crippen LogP contribution in [0.2, 0.25) is 0 Å². The summed E-state index contributed by atoms with van der Waals surface area (Å²) in [5, 5.41) is 10.1. The molecule has 0 radical (unpaired) electrons. The van der Waals surface area contributed by atoms with Crippen molar-refractivity contribution in [1.29, 1.82) is 0 Å². The molecule has 1 atom stereocenters. The molecule has 1 unspecified atom stereocenters. The summed E-state index contributed by atoms with van der Waals surface area (Å²) in [5.41, 5.74) is 1.72. The van der Waals surface area contributed by atoms with Crippen LogP contribution in [-0.2, 0) is 6.42 Å². The van der Waals surface area contributed by atoms with E-state index in [9.17, 15) is 5.11 Å². The van der Waals surface area contributed by atoms with Gasteiger partial charge in [-0.05, 0) is 11.6 Å². The maximum atomic E-state index is 10.1. The highest BCUT2D eigenvalue weighted by Crippen LogP contribution is 2.18. The van der Waals surface area contributed by atoms with Crippen LogP contribution in [0.15, 0.2) is 48.5 Å². The Morgan fingerprint density at radius 1 is 1.12 bits per heavy atom. The van der Waals surface area contributed by atoms with Crippen molar-refractivity contribution < 1.29 is 9.84 Å². The normalized spacial score (nSPS) is 12.1. The first-order chi connectivity index (χ1) is 8.29. The molecule has 3 nitrogen and oxygen atoms in total. The van der Waals surface area contributed by atoms with E-state index in [-0.39, 0.29) is 0 Å². The Bertz CT molecular complexity index is 471. The number of aliphatic hydroxyl groups is 1. The fraction of sp³-hybridized carbons (Fsp3) is 0.214. The summed E-state index contributed by atoms with van der Waals surface area (Å²) < 4.78 is 5.05. The number of hydrogen-bond acceptors (Lipinski definition) is 3. The molecule has 0 bridgehead atoms. The fourth-order valence-electron chi connectivity index (χ4n) is 1.68. The lowest BCUT2D eigenvalue weighted by atomic mass is 10.0. The minimum atomic E-state index is -0.532. The van der Waals surface area contributed by atoms with Gasteiger partial charge in [0.25, 0.3) is 0 Å². The zero-order valence-electron chi connectivity index (χ0n) is 9.71. The van der Waals surface area contributed by atoms with Crippen molar-refractivity contribution in [1.82, 2.24) is 4.98 Å². The van der Waals surface area contributed by atoms with Crippen molar-refractivity contribution in [3.63, 3.8) is 0 Å².